The van der Waals surface area contributed by atoms with Gasteiger partial charge in [0.25, 0.3) is 0 Å². The predicted octanol–water partition coefficient (Wildman–Crippen LogP) is 4.59. The molecule has 1 heterocycles. The number of halogens is 2. The number of rotatable bonds is 2. The minimum atomic E-state index is -1.30. The topological polar surface area (TPSA) is 50.4 Å². The summed E-state index contributed by atoms with van der Waals surface area (Å²) in [5.41, 5.74) is 0.736. The lowest BCUT2D eigenvalue weighted by atomic mass is 10.1. The number of carboxylic acid groups (broad SMARTS) is 1. The summed E-state index contributed by atoms with van der Waals surface area (Å²) in [5, 5.41) is 10.2. The average molecular weight is 291 g/mol. The molecule has 0 saturated carbocycles. The molecule has 3 nitrogen and oxygen atoms in total. The third-order valence-corrected chi connectivity index (χ3v) is 3.20. The molecule has 1 aromatic heterocycles. The van der Waals surface area contributed by atoms with Crippen molar-refractivity contribution in [1.29, 1.82) is 0 Å². The molecule has 3 rings (SSSR count). The van der Waals surface area contributed by atoms with Gasteiger partial charge in [0.2, 0.25) is 0 Å². The molecule has 2 aromatic carbocycles. The van der Waals surface area contributed by atoms with E-state index < -0.39 is 11.8 Å². The Kier molecular flexibility index (Phi) is 2.95. The molecule has 0 bridgehead atoms. The van der Waals surface area contributed by atoms with Gasteiger partial charge >= 0.3 is 5.97 Å². The number of carbonyl (C=O) groups is 1. The average Bonchev–Trinajstić information content (AvgIpc) is 2.81. The van der Waals surface area contributed by atoms with Gasteiger partial charge in [0.05, 0.1) is 5.56 Å². The van der Waals surface area contributed by atoms with Crippen molar-refractivity contribution < 1.29 is 18.7 Å². The lowest BCUT2D eigenvalue weighted by Gasteiger charge is -2.00. The van der Waals surface area contributed by atoms with Crippen molar-refractivity contribution in [2.45, 2.75) is 0 Å². The number of benzene rings is 2. The van der Waals surface area contributed by atoms with Gasteiger partial charge in [-0.2, -0.15) is 0 Å². The summed E-state index contributed by atoms with van der Waals surface area (Å²) < 4.78 is 19.3. The van der Waals surface area contributed by atoms with Crippen LogP contribution < -0.4 is 0 Å². The smallest absolute Gasteiger partial charge is 0.338 e. The second kappa shape index (κ2) is 4.65. The first-order valence-electron chi connectivity index (χ1n) is 5.77. The van der Waals surface area contributed by atoms with Gasteiger partial charge in [-0.1, -0.05) is 17.7 Å². The lowest BCUT2D eigenvalue weighted by Crippen LogP contribution is -1.99. The predicted molar refractivity (Wildman–Crippen MR) is 73.6 cm³/mol. The summed E-state index contributed by atoms with van der Waals surface area (Å²) in [6.45, 7) is 0. The molecule has 0 atom stereocenters. The monoisotopic (exact) mass is 290 g/mol. The molecule has 5 heteroatoms. The fraction of sp³-hybridized carbons (Fsp3) is 0. The summed E-state index contributed by atoms with van der Waals surface area (Å²) in [5.74, 6) is -1.64. The van der Waals surface area contributed by atoms with Gasteiger partial charge in [-0.25, -0.2) is 9.18 Å². The van der Waals surface area contributed by atoms with Crippen LogP contribution in [0.4, 0.5) is 4.39 Å². The second-order valence-corrected chi connectivity index (χ2v) is 4.73. The molecule has 1 N–H and O–H groups in total. The first-order chi connectivity index (χ1) is 9.54. The summed E-state index contributed by atoms with van der Waals surface area (Å²) >= 11 is 5.89. The fourth-order valence-electron chi connectivity index (χ4n) is 2.00. The summed E-state index contributed by atoms with van der Waals surface area (Å²) in [6.07, 6.45) is 0. The van der Waals surface area contributed by atoms with Crippen molar-refractivity contribution in [2.75, 3.05) is 0 Å². The lowest BCUT2D eigenvalue weighted by molar-refractivity contribution is 0.0692. The van der Waals surface area contributed by atoms with Crippen LogP contribution in [0.2, 0.25) is 5.02 Å². The molecular formula is C15H8ClFO3. The summed E-state index contributed by atoms with van der Waals surface area (Å²) in [4.78, 5) is 10.8. The Hall–Kier alpha value is -2.33. The maximum Gasteiger partial charge on any atom is 0.338 e. The minimum absolute atomic E-state index is 0.368. The SMILES string of the molecule is O=C(O)c1ccc(-c2cc3cc(Cl)ccc3o2)cc1F. The van der Waals surface area contributed by atoms with E-state index in [0.717, 1.165) is 11.5 Å². The van der Waals surface area contributed by atoms with Crippen molar-refractivity contribution in [2.24, 2.45) is 0 Å². The van der Waals surface area contributed by atoms with Crippen LogP contribution in [-0.2, 0) is 0 Å². The zero-order valence-corrected chi connectivity index (χ0v) is 10.8. The molecule has 0 aliphatic carbocycles. The Bertz CT molecular complexity index is 823. The number of furan rings is 1. The molecular weight excluding hydrogens is 283 g/mol. The highest BCUT2D eigenvalue weighted by atomic mass is 35.5. The van der Waals surface area contributed by atoms with Gasteiger partial charge in [-0.15, -0.1) is 0 Å². The number of fused-ring (bicyclic) bond motifs is 1. The van der Waals surface area contributed by atoms with Crippen molar-refractivity contribution in [3.05, 3.63) is 58.9 Å². The van der Waals surface area contributed by atoms with E-state index in [9.17, 15) is 9.18 Å². The van der Waals surface area contributed by atoms with Crippen LogP contribution in [0.15, 0.2) is 46.9 Å². The van der Waals surface area contributed by atoms with Crippen LogP contribution in [0.1, 0.15) is 10.4 Å². The van der Waals surface area contributed by atoms with Gasteiger partial charge < -0.3 is 9.52 Å². The fourth-order valence-corrected chi connectivity index (χ4v) is 2.18. The Morgan fingerprint density at radius 2 is 1.95 bits per heavy atom. The van der Waals surface area contributed by atoms with Gasteiger partial charge in [-0.3, -0.25) is 0 Å². The van der Waals surface area contributed by atoms with Gasteiger partial charge in [0, 0.05) is 16.0 Å². The van der Waals surface area contributed by atoms with Crippen molar-refractivity contribution >= 4 is 28.5 Å². The summed E-state index contributed by atoms with van der Waals surface area (Å²) in [7, 11) is 0. The van der Waals surface area contributed by atoms with Gasteiger partial charge in [-0.05, 0) is 36.4 Å². The number of aromatic carboxylic acids is 1. The molecule has 0 spiro atoms. The maximum atomic E-state index is 13.7. The van der Waals surface area contributed by atoms with E-state index in [2.05, 4.69) is 0 Å². The third-order valence-electron chi connectivity index (χ3n) is 2.96. The van der Waals surface area contributed by atoms with E-state index in [1.807, 2.05) is 0 Å². The van der Waals surface area contributed by atoms with Crippen LogP contribution in [0.25, 0.3) is 22.3 Å². The Labute approximate surface area is 118 Å². The van der Waals surface area contributed by atoms with Crippen molar-refractivity contribution in [3.63, 3.8) is 0 Å². The largest absolute Gasteiger partial charge is 0.478 e. The summed E-state index contributed by atoms with van der Waals surface area (Å²) in [6, 6.07) is 10.8. The molecule has 0 aliphatic rings. The van der Waals surface area contributed by atoms with E-state index >= 15 is 0 Å². The molecule has 0 amide bonds. The molecule has 0 unspecified atom stereocenters. The first-order valence-corrected chi connectivity index (χ1v) is 6.15. The molecule has 3 aromatic rings. The van der Waals surface area contributed by atoms with E-state index in [-0.39, 0.29) is 5.56 Å². The second-order valence-electron chi connectivity index (χ2n) is 4.29. The van der Waals surface area contributed by atoms with E-state index in [1.165, 1.54) is 12.1 Å². The first kappa shape index (κ1) is 12.7. The van der Waals surface area contributed by atoms with Gasteiger partial charge in [0.1, 0.15) is 17.2 Å². The van der Waals surface area contributed by atoms with Crippen LogP contribution in [0.3, 0.4) is 0 Å². The van der Waals surface area contributed by atoms with Gasteiger partial charge in [0.15, 0.2) is 0 Å². The molecule has 20 heavy (non-hydrogen) atoms. The molecule has 0 radical (unpaired) electrons. The van der Waals surface area contributed by atoms with E-state index in [1.54, 1.807) is 24.3 Å². The zero-order chi connectivity index (χ0) is 14.3. The molecule has 0 fully saturated rings. The van der Waals surface area contributed by atoms with E-state index in [4.69, 9.17) is 21.1 Å². The normalized spacial score (nSPS) is 10.9. The van der Waals surface area contributed by atoms with Crippen molar-refractivity contribution in [3.8, 4) is 11.3 Å². The number of hydrogen-bond donors (Lipinski definition) is 1. The Balaban J connectivity index is 2.11. The molecule has 0 aliphatic heterocycles. The van der Waals surface area contributed by atoms with Crippen LogP contribution >= 0.6 is 11.6 Å². The van der Waals surface area contributed by atoms with Crippen LogP contribution in [0.5, 0.6) is 0 Å². The zero-order valence-electron chi connectivity index (χ0n) is 10.1. The highest BCUT2D eigenvalue weighted by Gasteiger charge is 2.13. The molecule has 0 saturated heterocycles. The number of carboxylic acids is 1. The minimum Gasteiger partial charge on any atom is -0.478 e. The standard InChI is InChI=1S/C15H8ClFO3/c16-10-2-4-13-9(5-10)7-14(20-13)8-1-3-11(15(18)19)12(17)6-8/h1-7H,(H,18,19). The van der Waals surface area contributed by atoms with Crippen molar-refractivity contribution in [1.82, 2.24) is 0 Å². The quantitative estimate of drug-likeness (QED) is 0.751. The Morgan fingerprint density at radius 1 is 1.15 bits per heavy atom. The third kappa shape index (κ3) is 2.14. The Morgan fingerprint density at radius 3 is 2.65 bits per heavy atom. The molecule has 100 valence electrons. The van der Waals surface area contributed by atoms with E-state index in [0.29, 0.717) is 21.9 Å². The highest BCUT2D eigenvalue weighted by Crippen LogP contribution is 2.30. The number of hydrogen-bond acceptors (Lipinski definition) is 2. The maximum absolute atomic E-state index is 13.7. The van der Waals surface area contributed by atoms with Crippen LogP contribution in [-0.4, -0.2) is 11.1 Å². The van der Waals surface area contributed by atoms with Crippen LogP contribution in [0, 0.1) is 5.82 Å². The highest BCUT2D eigenvalue weighted by molar-refractivity contribution is 6.31.